The number of nitrogens with zero attached hydrogens (tertiary/aromatic N) is 4. The second-order valence-corrected chi connectivity index (χ2v) is 7.68. The minimum absolute atomic E-state index is 0.0250. The van der Waals surface area contributed by atoms with Gasteiger partial charge < -0.3 is 10.2 Å². The fourth-order valence-electron chi connectivity index (χ4n) is 3.79. The van der Waals surface area contributed by atoms with E-state index in [1.54, 1.807) is 22.9 Å². The van der Waals surface area contributed by atoms with Crippen molar-refractivity contribution in [2.75, 3.05) is 18.4 Å². The van der Waals surface area contributed by atoms with Crippen LogP contribution < -0.4 is 5.32 Å². The summed E-state index contributed by atoms with van der Waals surface area (Å²) in [6, 6.07) is 10.9. The maximum absolute atomic E-state index is 12.8. The summed E-state index contributed by atoms with van der Waals surface area (Å²) < 4.78 is 1.74. The van der Waals surface area contributed by atoms with E-state index >= 15 is 0 Å². The highest BCUT2D eigenvalue weighted by atomic mass is 16.2. The lowest BCUT2D eigenvalue weighted by Gasteiger charge is -2.18. The summed E-state index contributed by atoms with van der Waals surface area (Å²) in [4.78, 5) is 31.8. The standard InChI is InChI=1S/C23H25N5O2/c1-15-13-16(2)28(26-15)21-10-9-18(14-24-21)22(29)25-20-8-6-7-19(17(20)3)23(30)27-11-4-5-12-27/h6-10,13-14H,4-5,11-12H2,1-3H3,(H,25,29). The van der Waals surface area contributed by atoms with Crippen LogP contribution in [0.4, 0.5) is 5.69 Å². The molecular formula is C23H25N5O2. The third kappa shape index (κ3) is 3.83. The van der Waals surface area contributed by atoms with Gasteiger partial charge in [0.1, 0.15) is 0 Å². The number of hydrogen-bond acceptors (Lipinski definition) is 4. The molecule has 1 aliphatic rings. The maximum Gasteiger partial charge on any atom is 0.257 e. The van der Waals surface area contributed by atoms with Gasteiger partial charge in [-0.3, -0.25) is 9.59 Å². The van der Waals surface area contributed by atoms with Gasteiger partial charge in [-0.1, -0.05) is 6.07 Å². The first kappa shape index (κ1) is 19.8. The van der Waals surface area contributed by atoms with Crippen molar-refractivity contribution in [3.63, 3.8) is 0 Å². The van der Waals surface area contributed by atoms with Gasteiger partial charge in [-0.15, -0.1) is 0 Å². The summed E-state index contributed by atoms with van der Waals surface area (Å²) in [5, 5.41) is 7.33. The van der Waals surface area contributed by atoms with Gasteiger partial charge in [-0.25, -0.2) is 9.67 Å². The molecule has 1 saturated heterocycles. The van der Waals surface area contributed by atoms with Crippen LogP contribution in [0.25, 0.3) is 5.82 Å². The number of rotatable bonds is 4. The van der Waals surface area contributed by atoms with Crippen LogP contribution in [-0.2, 0) is 0 Å². The number of aryl methyl sites for hydroxylation is 2. The topological polar surface area (TPSA) is 80.1 Å². The monoisotopic (exact) mass is 403 g/mol. The van der Waals surface area contributed by atoms with Crippen LogP contribution in [-0.4, -0.2) is 44.6 Å². The zero-order valence-electron chi connectivity index (χ0n) is 17.5. The van der Waals surface area contributed by atoms with Crippen LogP contribution in [0.1, 0.15) is 50.5 Å². The molecule has 3 aromatic rings. The highest BCUT2D eigenvalue weighted by Crippen LogP contribution is 2.23. The fourth-order valence-corrected chi connectivity index (χ4v) is 3.79. The van der Waals surface area contributed by atoms with E-state index in [4.69, 9.17) is 0 Å². The molecule has 3 heterocycles. The largest absolute Gasteiger partial charge is 0.339 e. The molecule has 4 rings (SSSR count). The Morgan fingerprint density at radius 1 is 1.03 bits per heavy atom. The highest BCUT2D eigenvalue weighted by molar-refractivity contribution is 6.06. The molecular weight excluding hydrogens is 378 g/mol. The van der Waals surface area contributed by atoms with Crippen molar-refractivity contribution >= 4 is 17.5 Å². The molecule has 0 aliphatic carbocycles. The molecule has 0 spiro atoms. The predicted octanol–water partition coefficient (Wildman–Crippen LogP) is 3.68. The van der Waals surface area contributed by atoms with Crippen LogP contribution in [0.3, 0.4) is 0 Å². The summed E-state index contributed by atoms with van der Waals surface area (Å²) in [5.74, 6) is 0.417. The van der Waals surface area contributed by atoms with E-state index in [0.717, 1.165) is 42.9 Å². The first-order chi connectivity index (χ1) is 14.4. The van der Waals surface area contributed by atoms with E-state index in [1.165, 1.54) is 6.20 Å². The molecule has 0 unspecified atom stereocenters. The molecule has 1 aromatic carbocycles. The summed E-state index contributed by atoms with van der Waals surface area (Å²) in [7, 11) is 0. The molecule has 7 heteroatoms. The van der Waals surface area contributed by atoms with Gasteiger partial charge in [-0.2, -0.15) is 5.10 Å². The van der Waals surface area contributed by atoms with Gasteiger partial charge in [0.15, 0.2) is 5.82 Å². The van der Waals surface area contributed by atoms with Crippen molar-refractivity contribution in [1.29, 1.82) is 0 Å². The minimum atomic E-state index is -0.267. The lowest BCUT2D eigenvalue weighted by atomic mass is 10.1. The van der Waals surface area contributed by atoms with E-state index in [2.05, 4.69) is 15.4 Å². The second-order valence-electron chi connectivity index (χ2n) is 7.68. The highest BCUT2D eigenvalue weighted by Gasteiger charge is 2.22. The smallest absolute Gasteiger partial charge is 0.257 e. The number of aromatic nitrogens is 3. The number of pyridine rings is 1. The SMILES string of the molecule is Cc1cc(C)n(-c2ccc(C(=O)Nc3cccc(C(=O)N4CCCC4)c3C)cn2)n1. The molecule has 1 aliphatic heterocycles. The Hall–Kier alpha value is -3.48. The molecule has 0 bridgehead atoms. The minimum Gasteiger partial charge on any atom is -0.339 e. The summed E-state index contributed by atoms with van der Waals surface area (Å²) >= 11 is 0. The van der Waals surface area contributed by atoms with Crippen molar-refractivity contribution in [3.05, 3.63) is 70.7 Å². The third-order valence-electron chi connectivity index (χ3n) is 5.44. The lowest BCUT2D eigenvalue weighted by molar-refractivity contribution is 0.0791. The third-order valence-corrected chi connectivity index (χ3v) is 5.44. The molecule has 1 N–H and O–H groups in total. The van der Waals surface area contributed by atoms with E-state index in [0.29, 0.717) is 22.6 Å². The van der Waals surface area contributed by atoms with Gasteiger partial charge in [0.2, 0.25) is 0 Å². The van der Waals surface area contributed by atoms with Gasteiger partial charge in [0.05, 0.1) is 11.3 Å². The average Bonchev–Trinajstić information content (AvgIpc) is 3.39. The normalized spacial score (nSPS) is 13.5. The first-order valence-corrected chi connectivity index (χ1v) is 10.1. The van der Waals surface area contributed by atoms with E-state index in [-0.39, 0.29) is 11.8 Å². The van der Waals surface area contributed by atoms with Crippen molar-refractivity contribution in [2.45, 2.75) is 33.6 Å². The van der Waals surface area contributed by atoms with E-state index < -0.39 is 0 Å². The quantitative estimate of drug-likeness (QED) is 0.721. The molecule has 1 fully saturated rings. The summed E-state index contributed by atoms with van der Waals surface area (Å²) in [6.07, 6.45) is 3.62. The number of nitrogens with one attached hydrogen (secondary N) is 1. The zero-order chi connectivity index (χ0) is 21.3. The molecule has 0 radical (unpaired) electrons. The van der Waals surface area contributed by atoms with Crippen molar-refractivity contribution in [3.8, 4) is 5.82 Å². The molecule has 2 amide bonds. The molecule has 0 atom stereocenters. The van der Waals surface area contributed by atoms with Crippen molar-refractivity contribution in [1.82, 2.24) is 19.7 Å². The Kier molecular flexibility index (Phi) is 5.35. The van der Waals surface area contributed by atoms with Crippen LogP contribution in [0, 0.1) is 20.8 Å². The Morgan fingerprint density at radius 2 is 1.80 bits per heavy atom. The molecule has 154 valence electrons. The van der Waals surface area contributed by atoms with Crippen LogP contribution >= 0.6 is 0 Å². The Morgan fingerprint density at radius 3 is 2.43 bits per heavy atom. The molecule has 7 nitrogen and oxygen atoms in total. The predicted molar refractivity (Wildman–Crippen MR) is 115 cm³/mol. The first-order valence-electron chi connectivity index (χ1n) is 10.1. The van der Waals surface area contributed by atoms with Gasteiger partial charge in [0.25, 0.3) is 11.8 Å². The molecule has 0 saturated carbocycles. The van der Waals surface area contributed by atoms with Gasteiger partial charge in [0, 0.05) is 36.2 Å². The number of amides is 2. The van der Waals surface area contributed by atoms with Crippen molar-refractivity contribution in [2.24, 2.45) is 0 Å². The van der Waals surface area contributed by atoms with Gasteiger partial charge in [-0.05, 0) is 69.5 Å². The molecule has 30 heavy (non-hydrogen) atoms. The second kappa shape index (κ2) is 8.10. The number of carbonyl (C=O) groups is 2. The molecule has 2 aromatic heterocycles. The van der Waals surface area contributed by atoms with Crippen LogP contribution in [0.2, 0.25) is 0 Å². The van der Waals surface area contributed by atoms with E-state index in [1.807, 2.05) is 43.9 Å². The lowest BCUT2D eigenvalue weighted by Crippen LogP contribution is -2.28. The number of hydrogen-bond donors (Lipinski definition) is 1. The van der Waals surface area contributed by atoms with Gasteiger partial charge >= 0.3 is 0 Å². The summed E-state index contributed by atoms with van der Waals surface area (Å²) in [6.45, 7) is 7.34. The maximum atomic E-state index is 12.8. The van der Waals surface area contributed by atoms with Crippen LogP contribution in [0.15, 0.2) is 42.6 Å². The number of anilines is 1. The Labute approximate surface area is 175 Å². The number of benzene rings is 1. The summed E-state index contributed by atoms with van der Waals surface area (Å²) in [5.41, 5.74) is 4.37. The zero-order valence-corrected chi connectivity index (χ0v) is 17.5. The Balaban J connectivity index is 1.52. The fraction of sp³-hybridized carbons (Fsp3) is 0.304. The number of carbonyl (C=O) groups excluding carboxylic acids is 2. The average molecular weight is 403 g/mol. The number of likely N-dealkylation sites (tertiary alicyclic amines) is 1. The Bertz CT molecular complexity index is 1100. The van der Waals surface area contributed by atoms with E-state index in [9.17, 15) is 9.59 Å². The van der Waals surface area contributed by atoms with Crippen molar-refractivity contribution < 1.29 is 9.59 Å². The van der Waals surface area contributed by atoms with Crippen LogP contribution in [0.5, 0.6) is 0 Å².